The van der Waals surface area contributed by atoms with Gasteiger partial charge in [-0.25, -0.2) is 15.0 Å². The van der Waals surface area contributed by atoms with Crippen LogP contribution in [0.3, 0.4) is 0 Å². The normalized spacial score (nSPS) is 18.8. The van der Waals surface area contributed by atoms with Crippen molar-refractivity contribution < 1.29 is 4.74 Å². The Morgan fingerprint density at radius 2 is 1.96 bits per heavy atom. The fourth-order valence-corrected chi connectivity index (χ4v) is 3.57. The molecule has 0 unspecified atom stereocenters. The Morgan fingerprint density at radius 1 is 1.11 bits per heavy atom. The van der Waals surface area contributed by atoms with Crippen molar-refractivity contribution in [1.29, 1.82) is 0 Å². The summed E-state index contributed by atoms with van der Waals surface area (Å²) in [6.45, 7) is 0. The first kappa shape index (κ1) is 18.5. The molecule has 0 aliphatic heterocycles. The monoisotopic (exact) mass is 395 g/mol. The average Bonchev–Trinajstić information content (AvgIpc) is 3.16. The van der Waals surface area contributed by atoms with Gasteiger partial charge in [0.05, 0.1) is 11.9 Å². The minimum atomic E-state index is -0.0875. The van der Waals surface area contributed by atoms with Crippen LogP contribution in [0.15, 0.2) is 64.8 Å². The molecule has 3 aromatic rings. The first-order valence-electron chi connectivity index (χ1n) is 9.14. The lowest BCUT2D eigenvalue weighted by molar-refractivity contribution is 0.200. The van der Waals surface area contributed by atoms with Crippen molar-refractivity contribution in [3.05, 3.63) is 65.5 Å². The predicted molar refractivity (Wildman–Crippen MR) is 109 cm³/mol. The zero-order valence-electron chi connectivity index (χ0n) is 15.5. The third-order valence-corrected chi connectivity index (χ3v) is 5.37. The van der Waals surface area contributed by atoms with E-state index in [9.17, 15) is 4.79 Å². The van der Waals surface area contributed by atoms with E-state index in [4.69, 9.17) is 4.74 Å². The Kier molecular flexibility index (Phi) is 5.57. The van der Waals surface area contributed by atoms with Crippen LogP contribution >= 0.6 is 11.8 Å². The molecule has 1 N–H and O–H groups in total. The summed E-state index contributed by atoms with van der Waals surface area (Å²) in [6.07, 6.45) is 11.9. The van der Waals surface area contributed by atoms with Crippen LogP contribution in [0.4, 0.5) is 5.95 Å². The molecule has 0 bridgehead atoms. The molecule has 2 atom stereocenters. The molecule has 0 spiro atoms. The van der Waals surface area contributed by atoms with E-state index in [-0.39, 0.29) is 17.7 Å². The summed E-state index contributed by atoms with van der Waals surface area (Å²) < 4.78 is 7.57. The van der Waals surface area contributed by atoms with Gasteiger partial charge in [0, 0.05) is 48.1 Å². The van der Waals surface area contributed by atoms with Crippen LogP contribution in [0.2, 0.25) is 0 Å². The van der Waals surface area contributed by atoms with Crippen molar-refractivity contribution in [2.24, 2.45) is 0 Å². The summed E-state index contributed by atoms with van der Waals surface area (Å²) in [5.74, 6) is 1.22. The Hall–Kier alpha value is -2.87. The smallest absolute Gasteiger partial charge is 0.255 e. The largest absolute Gasteiger partial charge is 0.474 e. The Morgan fingerprint density at radius 3 is 2.68 bits per heavy atom. The van der Waals surface area contributed by atoms with Crippen LogP contribution in [-0.2, 0) is 0 Å². The van der Waals surface area contributed by atoms with E-state index >= 15 is 0 Å². The molecule has 0 saturated heterocycles. The molecule has 1 saturated carbocycles. The van der Waals surface area contributed by atoms with E-state index in [1.807, 2.05) is 30.8 Å². The fourth-order valence-electron chi connectivity index (χ4n) is 3.25. The van der Waals surface area contributed by atoms with Crippen LogP contribution in [-0.4, -0.2) is 37.9 Å². The maximum atomic E-state index is 11.9. The molecular weight excluding hydrogens is 374 g/mol. The van der Waals surface area contributed by atoms with Gasteiger partial charge < -0.3 is 10.1 Å². The predicted octanol–water partition coefficient (Wildman–Crippen LogP) is 3.16. The Balaban J connectivity index is 1.34. The van der Waals surface area contributed by atoms with Crippen molar-refractivity contribution in [2.75, 3.05) is 11.6 Å². The second-order valence-corrected chi connectivity index (χ2v) is 7.48. The van der Waals surface area contributed by atoms with Gasteiger partial charge in [0.15, 0.2) is 0 Å². The third kappa shape index (κ3) is 4.33. The topological polar surface area (TPSA) is 81.9 Å². The molecule has 0 radical (unpaired) electrons. The molecule has 7 nitrogen and oxygen atoms in total. The maximum absolute atomic E-state index is 11.9. The van der Waals surface area contributed by atoms with Crippen molar-refractivity contribution in [1.82, 2.24) is 19.5 Å². The van der Waals surface area contributed by atoms with E-state index in [0.29, 0.717) is 11.8 Å². The van der Waals surface area contributed by atoms with E-state index in [0.717, 1.165) is 29.8 Å². The number of hydrogen-bond donors (Lipinski definition) is 1. The maximum Gasteiger partial charge on any atom is 0.255 e. The number of pyridine rings is 2. The molecule has 0 amide bonds. The van der Waals surface area contributed by atoms with Crippen LogP contribution in [0, 0.1) is 0 Å². The zero-order chi connectivity index (χ0) is 19.3. The van der Waals surface area contributed by atoms with Crippen LogP contribution in [0.25, 0.3) is 5.69 Å². The third-order valence-electron chi connectivity index (χ3n) is 4.69. The molecule has 144 valence electrons. The van der Waals surface area contributed by atoms with Gasteiger partial charge in [0.2, 0.25) is 11.8 Å². The van der Waals surface area contributed by atoms with Crippen LogP contribution < -0.4 is 15.6 Å². The highest BCUT2D eigenvalue weighted by atomic mass is 32.2. The number of thioether (sulfide) groups is 1. The number of hydrogen-bond acceptors (Lipinski definition) is 7. The van der Waals surface area contributed by atoms with Gasteiger partial charge in [-0.2, -0.15) is 0 Å². The van der Waals surface area contributed by atoms with Crippen molar-refractivity contribution >= 4 is 17.7 Å². The highest BCUT2D eigenvalue weighted by Crippen LogP contribution is 2.26. The quantitative estimate of drug-likeness (QED) is 0.642. The van der Waals surface area contributed by atoms with E-state index in [1.165, 1.54) is 6.07 Å². The van der Waals surface area contributed by atoms with Gasteiger partial charge in [-0.1, -0.05) is 6.07 Å². The van der Waals surface area contributed by atoms with Gasteiger partial charge in [-0.15, -0.1) is 11.8 Å². The standard InChI is InChI=1S/C20H21N5O2S/c1-28-17-12-22-20(23-13-17)24-14-5-7-16(10-14)27-18-8-6-15(11-21-18)25-9-3-2-4-19(25)26/h2-4,6,8-9,11-14,16H,5,7,10H2,1H3,(H,22,23,24)/t14-,16-/m0/s1. The Bertz CT molecular complexity index is 975. The van der Waals surface area contributed by atoms with E-state index in [2.05, 4.69) is 20.3 Å². The SMILES string of the molecule is CSc1cnc(N[C@H]2CC[C@H](Oc3ccc(-n4ccccc4=O)cn3)C2)nc1. The number of aromatic nitrogens is 4. The van der Waals surface area contributed by atoms with E-state index < -0.39 is 0 Å². The summed E-state index contributed by atoms with van der Waals surface area (Å²) in [4.78, 5) is 26.0. The number of anilines is 1. The fraction of sp³-hybridized carbons (Fsp3) is 0.300. The molecular formula is C20H21N5O2S. The summed E-state index contributed by atoms with van der Waals surface area (Å²) in [5, 5.41) is 3.37. The molecule has 28 heavy (non-hydrogen) atoms. The summed E-state index contributed by atoms with van der Waals surface area (Å²) in [6, 6.07) is 8.99. The van der Waals surface area contributed by atoms with Gasteiger partial charge in [0.1, 0.15) is 6.10 Å². The van der Waals surface area contributed by atoms with Crippen LogP contribution in [0.1, 0.15) is 19.3 Å². The van der Waals surface area contributed by atoms with E-state index in [1.54, 1.807) is 40.9 Å². The highest BCUT2D eigenvalue weighted by molar-refractivity contribution is 7.98. The lowest BCUT2D eigenvalue weighted by Crippen LogP contribution is -2.20. The van der Waals surface area contributed by atoms with Crippen molar-refractivity contribution in [2.45, 2.75) is 36.3 Å². The lowest BCUT2D eigenvalue weighted by atomic mass is 10.2. The van der Waals surface area contributed by atoms with Crippen molar-refractivity contribution in [3.63, 3.8) is 0 Å². The van der Waals surface area contributed by atoms with Gasteiger partial charge in [0.25, 0.3) is 5.56 Å². The van der Waals surface area contributed by atoms with Crippen LogP contribution in [0.5, 0.6) is 5.88 Å². The summed E-state index contributed by atoms with van der Waals surface area (Å²) in [7, 11) is 0. The van der Waals surface area contributed by atoms with Crippen molar-refractivity contribution in [3.8, 4) is 11.6 Å². The molecule has 8 heteroatoms. The zero-order valence-corrected chi connectivity index (χ0v) is 16.3. The molecule has 1 fully saturated rings. The van der Waals surface area contributed by atoms with Gasteiger partial charge in [-0.3, -0.25) is 9.36 Å². The number of ether oxygens (including phenoxy) is 1. The minimum Gasteiger partial charge on any atom is -0.474 e. The minimum absolute atomic E-state index is 0.0875. The first-order chi connectivity index (χ1) is 13.7. The molecule has 4 rings (SSSR count). The van der Waals surface area contributed by atoms with Gasteiger partial charge >= 0.3 is 0 Å². The van der Waals surface area contributed by atoms with Gasteiger partial charge in [-0.05, 0) is 31.2 Å². The molecule has 1 aliphatic rings. The lowest BCUT2D eigenvalue weighted by Gasteiger charge is -2.15. The Labute approximate surface area is 167 Å². The second kappa shape index (κ2) is 8.43. The summed E-state index contributed by atoms with van der Waals surface area (Å²) in [5.41, 5.74) is 0.630. The second-order valence-electron chi connectivity index (χ2n) is 6.60. The first-order valence-corrected chi connectivity index (χ1v) is 10.4. The molecule has 3 heterocycles. The number of nitrogens with one attached hydrogen (secondary N) is 1. The number of nitrogens with zero attached hydrogens (tertiary/aromatic N) is 4. The molecule has 0 aromatic carbocycles. The summed E-state index contributed by atoms with van der Waals surface area (Å²) >= 11 is 1.62. The molecule has 3 aromatic heterocycles. The number of rotatable bonds is 6. The highest BCUT2D eigenvalue weighted by Gasteiger charge is 2.27. The average molecular weight is 395 g/mol. The molecule has 1 aliphatic carbocycles.